The van der Waals surface area contributed by atoms with Crippen molar-refractivity contribution in [2.45, 2.75) is 52.6 Å². The monoisotopic (exact) mass is 377 g/mol. The van der Waals surface area contributed by atoms with Crippen molar-refractivity contribution in [2.24, 2.45) is 11.8 Å². The Bertz CT molecular complexity index is 368. The molecule has 0 aliphatic carbocycles. The van der Waals surface area contributed by atoms with Crippen molar-refractivity contribution in [1.82, 2.24) is 4.90 Å². The van der Waals surface area contributed by atoms with Gasteiger partial charge >= 0.3 is 121 Å². The molecule has 1 heterocycles. The van der Waals surface area contributed by atoms with Crippen molar-refractivity contribution >= 4 is 30.4 Å². The van der Waals surface area contributed by atoms with Crippen molar-refractivity contribution in [1.29, 1.82) is 0 Å². The first-order valence-electron chi connectivity index (χ1n) is 6.95. The third kappa shape index (κ3) is 4.97. The van der Waals surface area contributed by atoms with Gasteiger partial charge < -0.3 is 0 Å². The second-order valence-corrected chi connectivity index (χ2v) is 23.6. The molecule has 2 atom stereocenters. The van der Waals surface area contributed by atoms with E-state index in [0.29, 0.717) is 6.54 Å². The summed E-state index contributed by atoms with van der Waals surface area (Å²) in [6.45, 7) is 8.01. The van der Waals surface area contributed by atoms with Gasteiger partial charge in [-0.05, 0) is 0 Å². The first kappa shape index (κ1) is 16.8. The Morgan fingerprint density at radius 3 is 2.32 bits per heavy atom. The van der Waals surface area contributed by atoms with Crippen LogP contribution in [0.4, 0.5) is 4.79 Å². The molecule has 4 nitrogen and oxygen atoms in total. The van der Waals surface area contributed by atoms with E-state index >= 15 is 0 Å². The van der Waals surface area contributed by atoms with Gasteiger partial charge in [0.05, 0.1) is 0 Å². The summed E-state index contributed by atoms with van der Waals surface area (Å²) < 4.78 is 6.31. The molecular weight excluding hydrogens is 349 g/mol. The number of hydrogen-bond acceptors (Lipinski definition) is 3. The summed E-state index contributed by atoms with van der Waals surface area (Å²) in [6, 6.07) is 0. The van der Waals surface area contributed by atoms with E-state index in [9.17, 15) is 9.59 Å². The molecule has 1 saturated heterocycles. The number of rotatable bonds is 2. The fourth-order valence-corrected chi connectivity index (χ4v) is 7.79. The fraction of sp³-hybridized carbons (Fsp3) is 0.857. The molecule has 0 radical (unpaired) electrons. The average molecular weight is 376 g/mol. The van der Waals surface area contributed by atoms with Gasteiger partial charge in [-0.2, -0.15) is 0 Å². The molecule has 110 valence electrons. The molecule has 1 fully saturated rings. The molecule has 0 bridgehead atoms. The summed E-state index contributed by atoms with van der Waals surface area (Å²) in [6.07, 6.45) is -0.490. The van der Waals surface area contributed by atoms with Crippen LogP contribution in [0.15, 0.2) is 0 Å². The van der Waals surface area contributed by atoms with Crippen molar-refractivity contribution in [2.75, 3.05) is 6.54 Å². The van der Waals surface area contributed by atoms with Crippen LogP contribution in [-0.4, -0.2) is 47.4 Å². The summed E-state index contributed by atoms with van der Waals surface area (Å²) in [7, 11) is 0. The van der Waals surface area contributed by atoms with Crippen LogP contribution in [0.2, 0.25) is 19.3 Å². The van der Waals surface area contributed by atoms with E-state index in [4.69, 9.17) is 4.74 Å². The molecule has 2 amide bonds. The zero-order chi connectivity index (χ0) is 15.0. The van der Waals surface area contributed by atoms with E-state index in [1.54, 1.807) is 0 Å². The van der Waals surface area contributed by atoms with Gasteiger partial charge in [0.2, 0.25) is 0 Å². The molecule has 0 saturated carbocycles. The van der Waals surface area contributed by atoms with Gasteiger partial charge in [0.25, 0.3) is 0 Å². The number of carbonyl (C=O) groups excluding carboxylic acids is 2. The first-order valence-corrected chi connectivity index (χ1v) is 17.5. The number of imide groups is 1. The molecule has 0 spiro atoms. The number of nitrogens with zero attached hydrogens (tertiary/aromatic N) is 1. The van der Waals surface area contributed by atoms with Crippen LogP contribution in [-0.2, 0) is 9.53 Å². The van der Waals surface area contributed by atoms with Crippen molar-refractivity contribution in [3.05, 3.63) is 0 Å². The predicted octanol–water partition coefficient (Wildman–Crippen LogP) is 3.35. The van der Waals surface area contributed by atoms with Crippen LogP contribution in [0, 0.1) is 11.8 Å². The molecule has 1 aliphatic rings. The van der Waals surface area contributed by atoms with Crippen LogP contribution in [0.5, 0.6) is 0 Å². The number of likely N-dealkylation sites (tertiary alicyclic amines) is 1. The SMILES string of the molecule is C[C@@H]1CN(C(=O)OC(C)(C)C)C(=O)[C@H]1[CH2][Sn]([CH3])([CH3])[CH3]. The maximum atomic E-state index is 12.4. The Balaban J connectivity index is 2.75. The minimum absolute atomic E-state index is 0.0170. The molecule has 19 heavy (non-hydrogen) atoms. The van der Waals surface area contributed by atoms with Gasteiger partial charge in [0, 0.05) is 0 Å². The Labute approximate surface area is 120 Å². The fourth-order valence-electron chi connectivity index (χ4n) is 2.38. The Morgan fingerprint density at radius 1 is 1.37 bits per heavy atom. The summed E-state index contributed by atoms with van der Waals surface area (Å²) in [5, 5.41) is 0. The van der Waals surface area contributed by atoms with Crippen LogP contribution in [0.3, 0.4) is 0 Å². The molecule has 0 unspecified atom stereocenters. The third-order valence-electron chi connectivity index (χ3n) is 3.19. The van der Waals surface area contributed by atoms with E-state index in [1.807, 2.05) is 20.8 Å². The Hall–Kier alpha value is -0.261. The quantitative estimate of drug-likeness (QED) is 0.695. The van der Waals surface area contributed by atoms with Crippen LogP contribution < -0.4 is 0 Å². The molecule has 5 heteroatoms. The van der Waals surface area contributed by atoms with E-state index in [0.717, 1.165) is 4.44 Å². The molecule has 1 rings (SSSR count). The van der Waals surface area contributed by atoms with Crippen LogP contribution in [0.1, 0.15) is 27.7 Å². The summed E-state index contributed by atoms with van der Waals surface area (Å²) in [5.41, 5.74) is -0.554. The third-order valence-corrected chi connectivity index (χ3v) is 7.94. The average Bonchev–Trinajstić information content (AvgIpc) is 2.41. The topological polar surface area (TPSA) is 46.6 Å². The number of carbonyl (C=O) groups is 2. The summed E-state index contributed by atoms with van der Waals surface area (Å²) in [4.78, 5) is 32.7. The number of hydrogen-bond donors (Lipinski definition) is 0. The van der Waals surface area contributed by atoms with Crippen LogP contribution >= 0.6 is 0 Å². The summed E-state index contributed by atoms with van der Waals surface area (Å²) in [5.74, 6) is 0.229. The Morgan fingerprint density at radius 2 is 1.89 bits per heavy atom. The maximum absolute atomic E-state index is 12.4. The zero-order valence-corrected chi connectivity index (χ0v) is 16.1. The molecule has 0 aromatic carbocycles. The molecule has 0 aromatic rings. The van der Waals surface area contributed by atoms with Crippen molar-refractivity contribution < 1.29 is 14.3 Å². The zero-order valence-electron chi connectivity index (χ0n) is 13.2. The minimum atomic E-state index is -2.03. The molecule has 0 aromatic heterocycles. The van der Waals surface area contributed by atoms with E-state index in [-0.39, 0.29) is 17.7 Å². The van der Waals surface area contributed by atoms with Crippen molar-refractivity contribution in [3.63, 3.8) is 0 Å². The second-order valence-electron chi connectivity index (χ2n) is 7.78. The second kappa shape index (κ2) is 5.62. The first-order chi connectivity index (χ1) is 8.41. The normalized spacial score (nSPS) is 24.8. The molecular formula is C14H27NO3Sn. The van der Waals surface area contributed by atoms with Crippen molar-refractivity contribution in [3.8, 4) is 0 Å². The van der Waals surface area contributed by atoms with E-state index < -0.39 is 30.1 Å². The van der Waals surface area contributed by atoms with Gasteiger partial charge in [-0.1, -0.05) is 0 Å². The molecule has 0 N–H and O–H groups in total. The van der Waals surface area contributed by atoms with Gasteiger partial charge in [0.15, 0.2) is 0 Å². The van der Waals surface area contributed by atoms with Gasteiger partial charge in [-0.25, -0.2) is 0 Å². The van der Waals surface area contributed by atoms with E-state index in [1.165, 1.54) is 4.90 Å². The van der Waals surface area contributed by atoms with Gasteiger partial charge in [0.1, 0.15) is 0 Å². The molecule has 1 aliphatic heterocycles. The van der Waals surface area contributed by atoms with Gasteiger partial charge in [-0.15, -0.1) is 0 Å². The van der Waals surface area contributed by atoms with Gasteiger partial charge in [-0.3, -0.25) is 0 Å². The Kier molecular flexibility index (Phi) is 4.97. The summed E-state index contributed by atoms with van der Waals surface area (Å²) >= 11 is -2.03. The van der Waals surface area contributed by atoms with E-state index in [2.05, 4.69) is 21.7 Å². The predicted molar refractivity (Wildman–Crippen MR) is 78.8 cm³/mol. The number of amides is 2. The van der Waals surface area contributed by atoms with Crippen LogP contribution in [0.25, 0.3) is 0 Å². The number of ether oxygens (including phenoxy) is 1. The standard InChI is InChI=1S/C11H18NO3.3CH3.Sn/c1-7-6-12(9(13)8(7)2)10(14)15-11(3,4)5;;;;/h7-8H,2,6H2,1,3-5H3;3*1H3;/t7-,8+;;;;/m1..../s1.